The second-order valence-electron chi connectivity index (χ2n) is 4.71. The third-order valence-electron chi connectivity index (χ3n) is 3.25. The van der Waals surface area contributed by atoms with Crippen LogP contribution in [0.25, 0.3) is 0 Å². The van der Waals surface area contributed by atoms with Crippen molar-refractivity contribution in [3.63, 3.8) is 0 Å². The van der Waals surface area contributed by atoms with E-state index in [1.165, 1.54) is 0 Å². The number of nitrogens with zero attached hydrogens (tertiary/aromatic N) is 1. The quantitative estimate of drug-likeness (QED) is 0.883. The molecular formula is C14H20N2O2. The van der Waals surface area contributed by atoms with Crippen LogP contribution in [-0.2, 0) is 0 Å². The van der Waals surface area contributed by atoms with Crippen LogP contribution in [0.5, 0.6) is 5.75 Å². The first-order valence-electron chi connectivity index (χ1n) is 6.40. The van der Waals surface area contributed by atoms with Crippen LogP contribution in [0.2, 0.25) is 0 Å². The summed E-state index contributed by atoms with van der Waals surface area (Å²) in [5.41, 5.74) is 7.55. The summed E-state index contributed by atoms with van der Waals surface area (Å²) < 4.78 is 5.52. The van der Waals surface area contributed by atoms with Crippen LogP contribution in [-0.4, -0.2) is 36.5 Å². The summed E-state index contributed by atoms with van der Waals surface area (Å²) in [6.45, 7) is 5.92. The molecule has 0 bridgehead atoms. The van der Waals surface area contributed by atoms with E-state index in [-0.39, 0.29) is 11.9 Å². The molecule has 1 aliphatic heterocycles. The summed E-state index contributed by atoms with van der Waals surface area (Å²) in [6, 6.07) is 5.72. The second kappa shape index (κ2) is 5.40. The van der Waals surface area contributed by atoms with Crippen LogP contribution in [0.1, 0.15) is 29.3 Å². The number of hydrogen-bond donors (Lipinski definition) is 1. The largest absolute Gasteiger partial charge is 0.494 e. The van der Waals surface area contributed by atoms with Gasteiger partial charge in [-0.15, -0.1) is 0 Å². The van der Waals surface area contributed by atoms with Crippen molar-refractivity contribution in [2.24, 2.45) is 5.73 Å². The smallest absolute Gasteiger partial charge is 0.254 e. The Bertz CT molecular complexity index is 445. The Balaban J connectivity index is 2.17. The maximum atomic E-state index is 12.3. The summed E-state index contributed by atoms with van der Waals surface area (Å²) in [4.78, 5) is 14.1. The van der Waals surface area contributed by atoms with Gasteiger partial charge >= 0.3 is 0 Å². The number of benzene rings is 1. The number of nitrogens with two attached hydrogens (primary N) is 1. The number of carbonyl (C=O) groups excluding carboxylic acids is 1. The summed E-state index contributed by atoms with van der Waals surface area (Å²) >= 11 is 0. The fourth-order valence-corrected chi connectivity index (χ4v) is 2.20. The predicted molar refractivity (Wildman–Crippen MR) is 70.8 cm³/mol. The molecular weight excluding hydrogens is 228 g/mol. The highest BCUT2D eigenvalue weighted by Gasteiger charge is 2.24. The molecule has 4 heteroatoms. The number of rotatable bonds is 3. The van der Waals surface area contributed by atoms with E-state index in [2.05, 4.69) is 0 Å². The second-order valence-corrected chi connectivity index (χ2v) is 4.71. The lowest BCUT2D eigenvalue weighted by Crippen LogP contribution is -2.31. The van der Waals surface area contributed by atoms with Gasteiger partial charge in [0.15, 0.2) is 0 Å². The average molecular weight is 248 g/mol. The van der Waals surface area contributed by atoms with E-state index in [0.717, 1.165) is 24.3 Å². The highest BCUT2D eigenvalue weighted by Crippen LogP contribution is 2.21. The Morgan fingerprint density at radius 3 is 2.94 bits per heavy atom. The van der Waals surface area contributed by atoms with Crippen molar-refractivity contribution in [1.29, 1.82) is 0 Å². The topological polar surface area (TPSA) is 55.6 Å². The zero-order valence-corrected chi connectivity index (χ0v) is 11.0. The van der Waals surface area contributed by atoms with Crippen LogP contribution in [0.4, 0.5) is 0 Å². The molecule has 1 amide bonds. The minimum atomic E-state index is 0.0453. The molecule has 0 radical (unpaired) electrons. The van der Waals surface area contributed by atoms with Crippen molar-refractivity contribution in [3.8, 4) is 5.75 Å². The normalized spacial score (nSPS) is 19.1. The van der Waals surface area contributed by atoms with Gasteiger partial charge in [-0.2, -0.15) is 0 Å². The monoisotopic (exact) mass is 248 g/mol. The Morgan fingerprint density at radius 1 is 1.56 bits per heavy atom. The summed E-state index contributed by atoms with van der Waals surface area (Å²) in [5.74, 6) is 0.829. The Hall–Kier alpha value is -1.55. The predicted octanol–water partition coefficient (Wildman–Crippen LogP) is 1.57. The van der Waals surface area contributed by atoms with Gasteiger partial charge in [-0.3, -0.25) is 4.79 Å². The molecule has 18 heavy (non-hydrogen) atoms. The molecule has 0 spiro atoms. The maximum absolute atomic E-state index is 12.3. The molecule has 0 aliphatic carbocycles. The fraction of sp³-hybridized carbons (Fsp3) is 0.500. The first-order chi connectivity index (χ1) is 8.61. The van der Waals surface area contributed by atoms with Crippen LogP contribution in [0, 0.1) is 6.92 Å². The molecule has 2 rings (SSSR count). The zero-order valence-electron chi connectivity index (χ0n) is 11.0. The molecule has 0 unspecified atom stereocenters. The Morgan fingerprint density at radius 2 is 2.33 bits per heavy atom. The maximum Gasteiger partial charge on any atom is 0.254 e. The van der Waals surface area contributed by atoms with Gasteiger partial charge in [0.25, 0.3) is 5.91 Å². The van der Waals surface area contributed by atoms with Crippen molar-refractivity contribution in [3.05, 3.63) is 29.3 Å². The molecule has 1 aliphatic rings. The lowest BCUT2D eigenvalue weighted by molar-refractivity contribution is 0.0790. The molecule has 1 fully saturated rings. The minimum absolute atomic E-state index is 0.0453. The Labute approximate surface area is 108 Å². The van der Waals surface area contributed by atoms with Crippen LogP contribution in [0.15, 0.2) is 18.2 Å². The van der Waals surface area contributed by atoms with E-state index < -0.39 is 0 Å². The van der Waals surface area contributed by atoms with Crippen molar-refractivity contribution in [2.75, 3.05) is 19.7 Å². The van der Waals surface area contributed by atoms with Gasteiger partial charge in [-0.05, 0) is 38.0 Å². The number of hydrogen-bond acceptors (Lipinski definition) is 3. The molecule has 0 saturated carbocycles. The number of amides is 1. The molecule has 1 aromatic carbocycles. The molecule has 1 aromatic rings. The van der Waals surface area contributed by atoms with E-state index >= 15 is 0 Å². The molecule has 1 atom stereocenters. The lowest BCUT2D eigenvalue weighted by atomic mass is 10.1. The fourth-order valence-electron chi connectivity index (χ4n) is 2.20. The lowest BCUT2D eigenvalue weighted by Gasteiger charge is -2.17. The molecule has 98 valence electrons. The first-order valence-corrected chi connectivity index (χ1v) is 6.40. The van der Waals surface area contributed by atoms with Crippen molar-refractivity contribution >= 4 is 5.91 Å². The third kappa shape index (κ3) is 2.64. The van der Waals surface area contributed by atoms with Crippen LogP contribution < -0.4 is 10.5 Å². The Kier molecular flexibility index (Phi) is 3.87. The van der Waals surface area contributed by atoms with Gasteiger partial charge in [0.2, 0.25) is 0 Å². The highest BCUT2D eigenvalue weighted by atomic mass is 16.5. The van der Waals surface area contributed by atoms with Crippen LogP contribution in [0.3, 0.4) is 0 Å². The number of ether oxygens (including phenoxy) is 1. The van der Waals surface area contributed by atoms with Crippen molar-refractivity contribution in [2.45, 2.75) is 26.3 Å². The van der Waals surface area contributed by atoms with E-state index in [1.54, 1.807) is 0 Å². The summed E-state index contributed by atoms with van der Waals surface area (Å²) in [5, 5.41) is 0. The van der Waals surface area contributed by atoms with E-state index in [1.807, 2.05) is 36.9 Å². The molecule has 1 heterocycles. The van der Waals surface area contributed by atoms with E-state index in [0.29, 0.717) is 18.7 Å². The van der Waals surface area contributed by atoms with Gasteiger partial charge in [0.1, 0.15) is 5.75 Å². The third-order valence-corrected chi connectivity index (χ3v) is 3.25. The van der Waals surface area contributed by atoms with Crippen molar-refractivity contribution < 1.29 is 9.53 Å². The standard InChI is InChI=1S/C14H20N2O2/c1-3-18-13-8-11(5-4-10(13)2)14(17)16-7-6-12(15)9-16/h4-5,8,12H,3,6-7,9,15H2,1-2H3/t12-/m1/s1. The van der Waals surface area contributed by atoms with E-state index in [9.17, 15) is 4.79 Å². The molecule has 2 N–H and O–H groups in total. The summed E-state index contributed by atoms with van der Waals surface area (Å²) in [6.07, 6.45) is 0.885. The zero-order chi connectivity index (χ0) is 13.1. The summed E-state index contributed by atoms with van der Waals surface area (Å²) in [7, 11) is 0. The van der Waals surface area contributed by atoms with Gasteiger partial charge in [0.05, 0.1) is 6.61 Å². The first kappa shape index (κ1) is 12.9. The minimum Gasteiger partial charge on any atom is -0.494 e. The van der Waals surface area contributed by atoms with Crippen LogP contribution >= 0.6 is 0 Å². The van der Waals surface area contributed by atoms with E-state index in [4.69, 9.17) is 10.5 Å². The van der Waals surface area contributed by atoms with Gasteiger partial charge in [-0.25, -0.2) is 0 Å². The average Bonchev–Trinajstić information content (AvgIpc) is 2.78. The SMILES string of the molecule is CCOc1cc(C(=O)N2CC[C@@H](N)C2)ccc1C. The number of likely N-dealkylation sites (tertiary alicyclic amines) is 1. The highest BCUT2D eigenvalue weighted by molar-refractivity contribution is 5.95. The number of aryl methyl sites for hydroxylation is 1. The van der Waals surface area contributed by atoms with Crippen molar-refractivity contribution in [1.82, 2.24) is 4.90 Å². The molecule has 1 saturated heterocycles. The van der Waals surface area contributed by atoms with Gasteiger partial charge in [0, 0.05) is 24.7 Å². The van der Waals surface area contributed by atoms with Gasteiger partial charge in [-0.1, -0.05) is 6.07 Å². The molecule has 0 aromatic heterocycles. The number of carbonyl (C=O) groups is 1. The molecule has 4 nitrogen and oxygen atoms in total. The van der Waals surface area contributed by atoms with Gasteiger partial charge < -0.3 is 15.4 Å².